The zero-order valence-corrected chi connectivity index (χ0v) is 11.5. The maximum absolute atomic E-state index is 12.1. The summed E-state index contributed by atoms with van der Waals surface area (Å²) >= 11 is 0. The molecule has 2 rings (SSSR count). The third-order valence-corrected chi connectivity index (χ3v) is 3.44. The Balaban J connectivity index is 2.54. The van der Waals surface area contributed by atoms with Gasteiger partial charge < -0.3 is 16.4 Å². The molecule has 1 saturated heterocycles. The highest BCUT2D eigenvalue weighted by Crippen LogP contribution is 2.33. The van der Waals surface area contributed by atoms with Crippen LogP contribution in [0.4, 0.5) is 0 Å². The Hall–Kier alpha value is -2.38. The van der Waals surface area contributed by atoms with Crippen LogP contribution < -0.4 is 11.5 Å². The van der Waals surface area contributed by atoms with Gasteiger partial charge in [-0.25, -0.2) is 9.89 Å². The van der Waals surface area contributed by atoms with Crippen LogP contribution in [0.25, 0.3) is 0 Å². The number of aliphatic imine (C=N–C) groups is 2. The molecular weight excluding hydrogens is 260 g/mol. The summed E-state index contributed by atoms with van der Waals surface area (Å²) in [5.74, 6) is -1.74. The van der Waals surface area contributed by atoms with Gasteiger partial charge in [-0.15, -0.1) is 0 Å². The molecule has 1 atom stereocenters. The van der Waals surface area contributed by atoms with Gasteiger partial charge in [0.2, 0.25) is 29.5 Å². The van der Waals surface area contributed by atoms with Gasteiger partial charge in [0.15, 0.2) is 0 Å². The molecule has 0 radical (unpaired) electrons. The molecule has 8 heteroatoms. The van der Waals surface area contributed by atoms with Crippen LogP contribution in [0.2, 0.25) is 0 Å². The van der Waals surface area contributed by atoms with E-state index in [-0.39, 0.29) is 36.6 Å². The summed E-state index contributed by atoms with van der Waals surface area (Å²) < 4.78 is 0. The Morgan fingerprint density at radius 2 is 1.90 bits per heavy atom. The first-order chi connectivity index (χ1) is 9.42. The van der Waals surface area contributed by atoms with Crippen molar-refractivity contribution in [3.63, 3.8) is 0 Å². The van der Waals surface area contributed by atoms with Gasteiger partial charge in [-0.3, -0.25) is 9.59 Å². The first kappa shape index (κ1) is 14.0. The number of carbonyl (C=O) groups is 2. The lowest BCUT2D eigenvalue weighted by Gasteiger charge is -2.45. The van der Waals surface area contributed by atoms with Gasteiger partial charge in [-0.2, -0.15) is 4.99 Å². The summed E-state index contributed by atoms with van der Waals surface area (Å²) in [6, 6.07) is 0. The molecule has 0 aromatic rings. The van der Waals surface area contributed by atoms with E-state index in [1.165, 1.54) is 4.90 Å². The second kappa shape index (κ2) is 4.95. The average molecular weight is 278 g/mol. The van der Waals surface area contributed by atoms with Crippen molar-refractivity contribution in [2.24, 2.45) is 21.5 Å². The number of nitrogens with two attached hydrogens (primary N) is 2. The van der Waals surface area contributed by atoms with Gasteiger partial charge in [-0.1, -0.05) is 12.2 Å². The van der Waals surface area contributed by atoms with Crippen molar-refractivity contribution in [2.75, 3.05) is 7.05 Å². The molecule has 0 aromatic carbocycles. The number of hydrogen-bond acceptors (Lipinski definition) is 7. The van der Waals surface area contributed by atoms with Crippen LogP contribution in [0.15, 0.2) is 22.1 Å². The fourth-order valence-corrected chi connectivity index (χ4v) is 2.39. The van der Waals surface area contributed by atoms with Crippen LogP contribution in [-0.4, -0.2) is 46.4 Å². The second-order valence-electron chi connectivity index (χ2n) is 4.67. The third kappa shape index (κ3) is 2.02. The molecule has 1 unspecified atom stereocenters. The molecule has 108 valence electrons. The maximum atomic E-state index is 12.1. The van der Waals surface area contributed by atoms with Crippen molar-refractivity contribution in [3.05, 3.63) is 12.2 Å². The van der Waals surface area contributed by atoms with E-state index in [4.69, 9.17) is 11.5 Å². The number of allylic oxidation sites excluding steroid dienone is 1. The molecule has 2 aliphatic rings. The van der Waals surface area contributed by atoms with E-state index in [1.807, 2.05) is 19.1 Å². The third-order valence-electron chi connectivity index (χ3n) is 3.44. The normalized spacial score (nSPS) is 27.3. The molecule has 0 aliphatic carbocycles. The predicted octanol–water partition coefficient (Wildman–Crippen LogP) is -0.670. The second-order valence-corrected chi connectivity index (χ2v) is 4.67. The van der Waals surface area contributed by atoms with E-state index < -0.39 is 5.79 Å². The standard InChI is InChI=1S/C12H18N6O2/c1-3-4-7-12(18-8(19)5-6-9(18)20)16-10(13)15-11(14)17(12)2/h3-4H,5-7H2,1-2H3,(H4,13,14,15,16). The smallest absolute Gasteiger partial charge is 0.233 e. The number of rotatable bonds is 3. The highest BCUT2D eigenvalue weighted by molar-refractivity contribution is 6.04. The highest BCUT2D eigenvalue weighted by Gasteiger charge is 2.51. The topological polar surface area (TPSA) is 117 Å². The van der Waals surface area contributed by atoms with Gasteiger partial charge >= 0.3 is 0 Å². The van der Waals surface area contributed by atoms with Crippen molar-refractivity contribution in [1.29, 1.82) is 0 Å². The number of hydrogen-bond donors (Lipinski definition) is 2. The number of guanidine groups is 2. The maximum Gasteiger partial charge on any atom is 0.233 e. The minimum atomic E-state index is -1.26. The van der Waals surface area contributed by atoms with E-state index >= 15 is 0 Å². The SMILES string of the molecule is CC=CCC1(N2C(=O)CCC2=O)N=C(N)N=C(N)N1C. The zero-order chi connectivity index (χ0) is 14.9. The molecule has 0 aromatic heterocycles. The zero-order valence-electron chi connectivity index (χ0n) is 11.5. The number of nitrogens with zero attached hydrogens (tertiary/aromatic N) is 4. The van der Waals surface area contributed by atoms with Crippen LogP contribution in [-0.2, 0) is 9.59 Å². The molecule has 0 spiro atoms. The molecule has 2 heterocycles. The highest BCUT2D eigenvalue weighted by atomic mass is 16.2. The molecule has 2 aliphatic heterocycles. The minimum absolute atomic E-state index is 0.0439. The molecule has 2 amide bonds. The number of amides is 2. The lowest BCUT2D eigenvalue weighted by Crippen LogP contribution is -2.65. The van der Waals surface area contributed by atoms with Crippen molar-refractivity contribution >= 4 is 23.7 Å². The van der Waals surface area contributed by atoms with Gasteiger partial charge in [0, 0.05) is 26.3 Å². The fourth-order valence-electron chi connectivity index (χ4n) is 2.39. The van der Waals surface area contributed by atoms with E-state index in [0.29, 0.717) is 6.42 Å². The first-order valence-corrected chi connectivity index (χ1v) is 6.32. The van der Waals surface area contributed by atoms with Crippen LogP contribution in [0.5, 0.6) is 0 Å². The summed E-state index contributed by atoms with van der Waals surface area (Å²) in [6.07, 6.45) is 4.28. The van der Waals surface area contributed by atoms with E-state index in [0.717, 1.165) is 4.90 Å². The Labute approximate surface area is 116 Å². The molecule has 0 bridgehead atoms. The summed E-state index contributed by atoms with van der Waals surface area (Å²) in [5.41, 5.74) is 11.5. The molecule has 4 N–H and O–H groups in total. The summed E-state index contributed by atoms with van der Waals surface area (Å²) in [7, 11) is 1.64. The molecule has 0 saturated carbocycles. The Morgan fingerprint density at radius 3 is 2.45 bits per heavy atom. The van der Waals surface area contributed by atoms with Crippen molar-refractivity contribution < 1.29 is 9.59 Å². The average Bonchev–Trinajstić information content (AvgIpc) is 2.72. The number of imide groups is 1. The first-order valence-electron chi connectivity index (χ1n) is 6.32. The molecule has 8 nitrogen and oxygen atoms in total. The van der Waals surface area contributed by atoms with Gasteiger partial charge in [0.05, 0.1) is 0 Å². The van der Waals surface area contributed by atoms with Crippen molar-refractivity contribution in [2.45, 2.75) is 32.0 Å². The Kier molecular flexibility index (Phi) is 3.47. The Bertz CT molecular complexity index is 522. The molecular formula is C12H18N6O2. The fraction of sp³-hybridized carbons (Fsp3) is 0.500. The van der Waals surface area contributed by atoms with Crippen molar-refractivity contribution in [1.82, 2.24) is 9.80 Å². The van der Waals surface area contributed by atoms with Crippen LogP contribution in [0.1, 0.15) is 26.2 Å². The van der Waals surface area contributed by atoms with E-state index in [9.17, 15) is 9.59 Å². The van der Waals surface area contributed by atoms with E-state index in [1.54, 1.807) is 7.05 Å². The lowest BCUT2D eigenvalue weighted by molar-refractivity contribution is -0.151. The van der Waals surface area contributed by atoms with Gasteiger partial charge in [0.1, 0.15) is 0 Å². The monoisotopic (exact) mass is 278 g/mol. The summed E-state index contributed by atoms with van der Waals surface area (Å²) in [5, 5.41) is 0. The van der Waals surface area contributed by atoms with Crippen molar-refractivity contribution in [3.8, 4) is 0 Å². The largest absolute Gasteiger partial charge is 0.369 e. The van der Waals surface area contributed by atoms with Crippen LogP contribution in [0.3, 0.4) is 0 Å². The quantitative estimate of drug-likeness (QED) is 0.524. The van der Waals surface area contributed by atoms with Gasteiger partial charge in [0.25, 0.3) is 0 Å². The number of carbonyl (C=O) groups excluding carboxylic acids is 2. The van der Waals surface area contributed by atoms with E-state index in [2.05, 4.69) is 9.98 Å². The number of likely N-dealkylation sites (tertiary alicyclic amines) is 1. The minimum Gasteiger partial charge on any atom is -0.369 e. The lowest BCUT2D eigenvalue weighted by atomic mass is 10.1. The van der Waals surface area contributed by atoms with Crippen LogP contribution >= 0.6 is 0 Å². The molecule has 20 heavy (non-hydrogen) atoms. The van der Waals surface area contributed by atoms with Crippen LogP contribution in [0, 0.1) is 0 Å². The summed E-state index contributed by atoms with van der Waals surface area (Å²) in [6.45, 7) is 1.84. The molecule has 1 fully saturated rings. The Morgan fingerprint density at radius 1 is 1.30 bits per heavy atom. The predicted molar refractivity (Wildman–Crippen MR) is 74.3 cm³/mol. The summed E-state index contributed by atoms with van der Waals surface area (Å²) in [4.78, 5) is 34.9. The van der Waals surface area contributed by atoms with Gasteiger partial charge in [-0.05, 0) is 6.92 Å².